The summed E-state index contributed by atoms with van der Waals surface area (Å²) in [5.74, 6) is 0. The highest BCUT2D eigenvalue weighted by Gasteiger charge is 2.35. The molecule has 1 saturated carbocycles. The van der Waals surface area contributed by atoms with E-state index in [4.69, 9.17) is 0 Å². The van der Waals surface area contributed by atoms with Crippen molar-refractivity contribution < 1.29 is 5.11 Å². The Morgan fingerprint density at radius 3 is 2.54 bits per heavy atom. The molecule has 2 aliphatic rings. The van der Waals surface area contributed by atoms with E-state index in [0.29, 0.717) is 0 Å². The van der Waals surface area contributed by atoms with Crippen LogP contribution in [0.25, 0.3) is 0 Å². The molecule has 0 bridgehead atoms. The quantitative estimate of drug-likeness (QED) is 0.657. The van der Waals surface area contributed by atoms with E-state index in [0.717, 1.165) is 38.5 Å². The predicted molar refractivity (Wildman–Crippen MR) is 52.7 cm³/mol. The standard InChI is InChI=1S/C10H20N2O/c1-12(9-2-3-9)8-10(13)4-6-11-7-5-10/h9,11,13H,2-8H2,1H3. The van der Waals surface area contributed by atoms with Crippen LogP contribution in [-0.4, -0.2) is 48.3 Å². The summed E-state index contributed by atoms with van der Waals surface area (Å²) in [4.78, 5) is 2.32. The van der Waals surface area contributed by atoms with E-state index in [9.17, 15) is 5.11 Å². The highest BCUT2D eigenvalue weighted by molar-refractivity contribution is 4.91. The van der Waals surface area contributed by atoms with E-state index < -0.39 is 5.60 Å². The second kappa shape index (κ2) is 3.56. The lowest BCUT2D eigenvalue weighted by atomic mass is 9.92. The average Bonchev–Trinajstić information content (AvgIpc) is 2.86. The fourth-order valence-electron chi connectivity index (χ4n) is 2.16. The van der Waals surface area contributed by atoms with Crippen LogP contribution in [0.5, 0.6) is 0 Å². The number of rotatable bonds is 3. The van der Waals surface area contributed by atoms with Crippen molar-refractivity contribution in [1.29, 1.82) is 0 Å². The molecule has 3 nitrogen and oxygen atoms in total. The Bertz CT molecular complexity index is 174. The van der Waals surface area contributed by atoms with E-state index in [1.807, 2.05) is 0 Å². The molecule has 1 heterocycles. The van der Waals surface area contributed by atoms with Gasteiger partial charge in [0.15, 0.2) is 0 Å². The lowest BCUT2D eigenvalue weighted by Gasteiger charge is -2.36. The van der Waals surface area contributed by atoms with Crippen molar-refractivity contribution in [2.24, 2.45) is 0 Å². The monoisotopic (exact) mass is 184 g/mol. The number of hydrogen-bond acceptors (Lipinski definition) is 3. The molecule has 0 aromatic rings. The van der Waals surface area contributed by atoms with Gasteiger partial charge < -0.3 is 15.3 Å². The first kappa shape index (κ1) is 9.44. The van der Waals surface area contributed by atoms with Crippen LogP contribution in [0, 0.1) is 0 Å². The Hall–Kier alpha value is -0.120. The first-order chi connectivity index (χ1) is 6.20. The zero-order valence-electron chi connectivity index (χ0n) is 8.42. The van der Waals surface area contributed by atoms with E-state index in [-0.39, 0.29) is 0 Å². The maximum atomic E-state index is 10.2. The first-order valence-corrected chi connectivity index (χ1v) is 5.33. The molecular formula is C10H20N2O. The second-order valence-corrected chi connectivity index (χ2v) is 4.62. The van der Waals surface area contributed by atoms with Crippen molar-refractivity contribution in [1.82, 2.24) is 10.2 Å². The van der Waals surface area contributed by atoms with E-state index >= 15 is 0 Å². The molecule has 1 saturated heterocycles. The van der Waals surface area contributed by atoms with E-state index in [2.05, 4.69) is 17.3 Å². The van der Waals surface area contributed by atoms with Gasteiger partial charge in [-0.05, 0) is 45.8 Å². The zero-order valence-corrected chi connectivity index (χ0v) is 8.42. The van der Waals surface area contributed by atoms with Gasteiger partial charge in [0.1, 0.15) is 0 Å². The Morgan fingerprint density at radius 2 is 2.00 bits per heavy atom. The van der Waals surface area contributed by atoms with Crippen molar-refractivity contribution in [2.45, 2.75) is 37.3 Å². The number of aliphatic hydroxyl groups is 1. The smallest absolute Gasteiger partial charge is 0.0798 e. The molecule has 3 heteroatoms. The van der Waals surface area contributed by atoms with Gasteiger partial charge in [-0.3, -0.25) is 0 Å². The van der Waals surface area contributed by atoms with Crippen molar-refractivity contribution in [3.8, 4) is 0 Å². The molecule has 0 amide bonds. The molecule has 0 aromatic carbocycles. The van der Waals surface area contributed by atoms with Gasteiger partial charge in [-0.15, -0.1) is 0 Å². The lowest BCUT2D eigenvalue weighted by molar-refractivity contribution is -0.0169. The summed E-state index contributed by atoms with van der Waals surface area (Å²) < 4.78 is 0. The molecule has 2 N–H and O–H groups in total. The van der Waals surface area contributed by atoms with E-state index in [1.165, 1.54) is 12.8 Å². The van der Waals surface area contributed by atoms with Gasteiger partial charge >= 0.3 is 0 Å². The van der Waals surface area contributed by atoms with Crippen LogP contribution in [0.4, 0.5) is 0 Å². The highest BCUT2D eigenvalue weighted by Crippen LogP contribution is 2.28. The molecule has 76 valence electrons. The topological polar surface area (TPSA) is 35.5 Å². The third-order valence-corrected chi connectivity index (χ3v) is 3.25. The Labute approximate surface area is 80.1 Å². The van der Waals surface area contributed by atoms with Crippen LogP contribution in [0.15, 0.2) is 0 Å². The van der Waals surface area contributed by atoms with Gasteiger partial charge in [-0.2, -0.15) is 0 Å². The maximum Gasteiger partial charge on any atom is 0.0798 e. The average molecular weight is 184 g/mol. The third-order valence-electron chi connectivity index (χ3n) is 3.25. The SMILES string of the molecule is CN(CC1(O)CCNCC1)C1CC1. The number of piperidine rings is 1. The van der Waals surface area contributed by atoms with Gasteiger partial charge in [0, 0.05) is 12.6 Å². The second-order valence-electron chi connectivity index (χ2n) is 4.62. The minimum Gasteiger partial charge on any atom is -0.388 e. The van der Waals surface area contributed by atoms with Crippen LogP contribution in [-0.2, 0) is 0 Å². The Morgan fingerprint density at radius 1 is 1.38 bits per heavy atom. The molecule has 0 aromatic heterocycles. The first-order valence-electron chi connectivity index (χ1n) is 5.33. The number of nitrogens with zero attached hydrogens (tertiary/aromatic N) is 1. The summed E-state index contributed by atoms with van der Waals surface area (Å²) in [6, 6.07) is 0.763. The van der Waals surface area contributed by atoms with Gasteiger partial charge in [0.25, 0.3) is 0 Å². The van der Waals surface area contributed by atoms with Crippen LogP contribution < -0.4 is 5.32 Å². The van der Waals surface area contributed by atoms with Crippen molar-refractivity contribution >= 4 is 0 Å². The minimum absolute atomic E-state index is 0.414. The normalized spacial score (nSPS) is 27.9. The van der Waals surface area contributed by atoms with Gasteiger partial charge in [-0.1, -0.05) is 0 Å². The Balaban J connectivity index is 1.82. The van der Waals surface area contributed by atoms with Gasteiger partial charge in [0.2, 0.25) is 0 Å². The summed E-state index contributed by atoms with van der Waals surface area (Å²) in [7, 11) is 2.14. The van der Waals surface area contributed by atoms with Crippen LogP contribution in [0.1, 0.15) is 25.7 Å². The molecule has 0 spiro atoms. The molecular weight excluding hydrogens is 164 g/mol. The zero-order chi connectivity index (χ0) is 9.31. The van der Waals surface area contributed by atoms with Gasteiger partial charge in [-0.25, -0.2) is 0 Å². The summed E-state index contributed by atoms with van der Waals surface area (Å²) in [5.41, 5.74) is -0.414. The highest BCUT2D eigenvalue weighted by atomic mass is 16.3. The van der Waals surface area contributed by atoms with Crippen LogP contribution >= 0.6 is 0 Å². The fraction of sp³-hybridized carbons (Fsp3) is 1.00. The summed E-state index contributed by atoms with van der Waals surface area (Å²) in [6.07, 6.45) is 4.46. The molecule has 13 heavy (non-hydrogen) atoms. The number of likely N-dealkylation sites (N-methyl/N-ethyl adjacent to an activating group) is 1. The van der Waals surface area contributed by atoms with Crippen LogP contribution in [0.3, 0.4) is 0 Å². The molecule has 0 radical (unpaired) electrons. The molecule has 2 rings (SSSR count). The molecule has 1 aliphatic carbocycles. The minimum atomic E-state index is -0.414. The predicted octanol–water partition coefficient (Wildman–Crippen LogP) is 0.195. The lowest BCUT2D eigenvalue weighted by Crippen LogP contribution is -2.49. The Kier molecular flexibility index (Phi) is 2.58. The fourth-order valence-corrected chi connectivity index (χ4v) is 2.16. The van der Waals surface area contributed by atoms with Crippen LogP contribution in [0.2, 0.25) is 0 Å². The van der Waals surface area contributed by atoms with Crippen molar-refractivity contribution in [2.75, 3.05) is 26.7 Å². The summed E-state index contributed by atoms with van der Waals surface area (Å²) in [6.45, 7) is 2.80. The van der Waals surface area contributed by atoms with Crippen molar-refractivity contribution in [3.63, 3.8) is 0 Å². The maximum absolute atomic E-state index is 10.2. The third kappa shape index (κ3) is 2.42. The summed E-state index contributed by atoms with van der Waals surface area (Å²) in [5, 5.41) is 13.5. The van der Waals surface area contributed by atoms with E-state index in [1.54, 1.807) is 0 Å². The summed E-state index contributed by atoms with van der Waals surface area (Å²) >= 11 is 0. The largest absolute Gasteiger partial charge is 0.388 e. The molecule has 0 unspecified atom stereocenters. The molecule has 1 aliphatic heterocycles. The molecule has 0 atom stereocenters. The molecule has 2 fully saturated rings. The van der Waals surface area contributed by atoms with Gasteiger partial charge in [0.05, 0.1) is 5.60 Å². The van der Waals surface area contributed by atoms with Crippen molar-refractivity contribution in [3.05, 3.63) is 0 Å². The number of hydrogen-bond donors (Lipinski definition) is 2. The number of nitrogens with one attached hydrogen (secondary N) is 1.